The zero-order valence-electron chi connectivity index (χ0n) is 17.8. The van der Waals surface area contributed by atoms with Crippen LogP contribution >= 0.6 is 0 Å². The number of fused-ring (bicyclic) bond motifs is 1. The molecule has 1 aromatic rings. The van der Waals surface area contributed by atoms with Gasteiger partial charge in [0.25, 0.3) is 0 Å². The van der Waals surface area contributed by atoms with Gasteiger partial charge in [-0.25, -0.2) is 9.59 Å². The molecule has 4 amide bonds. The van der Waals surface area contributed by atoms with Crippen molar-refractivity contribution in [1.82, 2.24) is 10.6 Å². The van der Waals surface area contributed by atoms with Crippen molar-refractivity contribution in [3.8, 4) is 0 Å². The second kappa shape index (κ2) is 10.1. The van der Waals surface area contributed by atoms with Crippen molar-refractivity contribution in [2.24, 2.45) is 11.8 Å². The van der Waals surface area contributed by atoms with Gasteiger partial charge < -0.3 is 21.1 Å². The highest BCUT2D eigenvalue weighted by atomic mass is 16.4. The van der Waals surface area contributed by atoms with E-state index in [2.05, 4.69) is 16.0 Å². The van der Waals surface area contributed by atoms with E-state index in [0.717, 1.165) is 0 Å². The van der Waals surface area contributed by atoms with Gasteiger partial charge in [-0.3, -0.25) is 14.5 Å². The number of hydrogen-bond donors (Lipinski definition) is 4. The van der Waals surface area contributed by atoms with Gasteiger partial charge in [0.1, 0.15) is 18.6 Å². The molecule has 164 valence electrons. The normalized spacial score (nSPS) is 15.3. The fraction of sp³-hybridized carbons (Fsp3) is 0.524. The number of anilines is 2. The maximum atomic E-state index is 12.9. The molecule has 30 heavy (non-hydrogen) atoms. The predicted molar refractivity (Wildman–Crippen MR) is 113 cm³/mol. The number of para-hydroxylation sites is 2. The van der Waals surface area contributed by atoms with Crippen LogP contribution in [0.3, 0.4) is 0 Å². The minimum atomic E-state index is -1.12. The van der Waals surface area contributed by atoms with Crippen LogP contribution in [0.2, 0.25) is 0 Å². The lowest BCUT2D eigenvalue weighted by Crippen LogP contribution is -2.56. The van der Waals surface area contributed by atoms with Crippen molar-refractivity contribution in [1.29, 1.82) is 0 Å². The van der Waals surface area contributed by atoms with E-state index in [-0.39, 0.29) is 30.7 Å². The Morgan fingerprint density at radius 3 is 2.23 bits per heavy atom. The minimum Gasteiger partial charge on any atom is -0.480 e. The van der Waals surface area contributed by atoms with Gasteiger partial charge in [-0.2, -0.15) is 0 Å². The van der Waals surface area contributed by atoms with Crippen molar-refractivity contribution >= 4 is 35.2 Å². The molecule has 4 N–H and O–H groups in total. The van der Waals surface area contributed by atoms with Gasteiger partial charge in [0, 0.05) is 0 Å². The van der Waals surface area contributed by atoms with Crippen LogP contribution < -0.4 is 20.9 Å². The number of carboxylic acids is 1. The lowest BCUT2D eigenvalue weighted by Gasteiger charge is -2.31. The Kier molecular flexibility index (Phi) is 7.79. The Morgan fingerprint density at radius 2 is 1.63 bits per heavy atom. The van der Waals surface area contributed by atoms with Crippen LogP contribution in [0.5, 0.6) is 0 Å². The van der Waals surface area contributed by atoms with Crippen molar-refractivity contribution in [3.05, 3.63) is 24.3 Å². The number of urea groups is 1. The highest BCUT2D eigenvalue weighted by Gasteiger charge is 2.32. The summed E-state index contributed by atoms with van der Waals surface area (Å²) < 4.78 is 0. The molecular weight excluding hydrogens is 388 g/mol. The molecule has 1 aliphatic heterocycles. The quantitative estimate of drug-likeness (QED) is 0.514. The van der Waals surface area contributed by atoms with Crippen LogP contribution in [0.15, 0.2) is 24.3 Å². The fourth-order valence-electron chi connectivity index (χ4n) is 3.31. The molecule has 0 spiro atoms. The number of amides is 4. The van der Waals surface area contributed by atoms with E-state index < -0.39 is 30.0 Å². The van der Waals surface area contributed by atoms with E-state index in [1.54, 1.807) is 24.3 Å². The minimum absolute atomic E-state index is 0.0753. The van der Waals surface area contributed by atoms with E-state index in [1.807, 2.05) is 27.7 Å². The molecule has 0 fully saturated rings. The summed E-state index contributed by atoms with van der Waals surface area (Å²) in [6.07, 6.45) is 0.608. The Morgan fingerprint density at radius 1 is 1.03 bits per heavy atom. The first-order valence-corrected chi connectivity index (χ1v) is 10.1. The van der Waals surface area contributed by atoms with Gasteiger partial charge in [-0.15, -0.1) is 0 Å². The Labute approximate surface area is 176 Å². The third kappa shape index (κ3) is 6.20. The van der Waals surface area contributed by atoms with E-state index in [1.165, 1.54) is 4.90 Å². The molecule has 0 saturated carbocycles. The van der Waals surface area contributed by atoms with E-state index >= 15 is 0 Å². The molecule has 9 heteroatoms. The van der Waals surface area contributed by atoms with Crippen molar-refractivity contribution in [3.63, 3.8) is 0 Å². The second-order valence-corrected chi connectivity index (χ2v) is 8.31. The number of rotatable bonds is 8. The Hall–Kier alpha value is -3.10. The van der Waals surface area contributed by atoms with Gasteiger partial charge in [0.2, 0.25) is 11.8 Å². The number of nitrogens with one attached hydrogen (secondary N) is 3. The summed E-state index contributed by atoms with van der Waals surface area (Å²) in [4.78, 5) is 50.5. The first-order chi connectivity index (χ1) is 14.1. The van der Waals surface area contributed by atoms with E-state index in [9.17, 15) is 24.3 Å². The van der Waals surface area contributed by atoms with Gasteiger partial charge in [-0.05, 0) is 36.8 Å². The fourth-order valence-corrected chi connectivity index (χ4v) is 3.31. The molecule has 0 aliphatic carbocycles. The number of nitrogens with zero attached hydrogens (tertiary/aromatic N) is 1. The van der Waals surface area contributed by atoms with Crippen LogP contribution in [-0.2, 0) is 14.4 Å². The molecule has 1 aromatic carbocycles. The summed E-state index contributed by atoms with van der Waals surface area (Å²) in [5.74, 6) is -1.86. The number of carbonyl (C=O) groups is 4. The molecule has 0 saturated heterocycles. The molecule has 0 bridgehead atoms. The van der Waals surface area contributed by atoms with Crippen LogP contribution in [-0.4, -0.2) is 47.5 Å². The molecule has 9 nitrogen and oxygen atoms in total. The molecule has 0 aromatic heterocycles. The summed E-state index contributed by atoms with van der Waals surface area (Å²) in [5.41, 5.74) is 1.04. The first-order valence-electron chi connectivity index (χ1n) is 10.1. The number of hydrogen-bond acceptors (Lipinski definition) is 4. The third-order valence-corrected chi connectivity index (χ3v) is 4.66. The summed E-state index contributed by atoms with van der Waals surface area (Å²) in [6, 6.07) is 4.33. The standard InChI is InChI=1S/C21H30N4O5/c1-12(2)9-15(19(27)23-16(20(28)29)10-13(3)4)24-21(30)25-11-18(26)22-14-7-5-6-8-17(14)25/h5-8,12-13,15-16H,9-11H2,1-4H3,(H,22,26)(H,23,27)(H,24,30)(H,28,29)/t15-,16-/m0/s1. The smallest absolute Gasteiger partial charge is 0.326 e. The molecule has 1 heterocycles. The van der Waals surface area contributed by atoms with Crippen molar-refractivity contribution in [2.75, 3.05) is 16.8 Å². The molecule has 2 atom stereocenters. The van der Waals surface area contributed by atoms with Gasteiger partial charge in [0.15, 0.2) is 0 Å². The molecule has 2 rings (SSSR count). The summed E-state index contributed by atoms with van der Waals surface area (Å²) in [7, 11) is 0. The Bertz CT molecular complexity index is 808. The van der Waals surface area contributed by atoms with Crippen molar-refractivity contribution in [2.45, 2.75) is 52.6 Å². The van der Waals surface area contributed by atoms with Crippen molar-refractivity contribution < 1.29 is 24.3 Å². The summed E-state index contributed by atoms with van der Waals surface area (Å²) in [5, 5.41) is 17.3. The van der Waals surface area contributed by atoms with Crippen LogP contribution in [0.4, 0.5) is 16.2 Å². The predicted octanol–water partition coefficient (Wildman–Crippen LogP) is 2.18. The van der Waals surface area contributed by atoms with E-state index in [0.29, 0.717) is 17.8 Å². The molecule has 1 aliphatic rings. The monoisotopic (exact) mass is 418 g/mol. The lowest BCUT2D eigenvalue weighted by molar-refractivity contribution is -0.142. The molecular formula is C21H30N4O5. The number of aliphatic carboxylic acids is 1. The van der Waals surface area contributed by atoms with E-state index in [4.69, 9.17) is 0 Å². The summed E-state index contributed by atoms with van der Waals surface area (Å²) >= 11 is 0. The average Bonchev–Trinajstić information content (AvgIpc) is 2.65. The average molecular weight is 418 g/mol. The first kappa shape index (κ1) is 23.2. The highest BCUT2D eigenvalue weighted by Crippen LogP contribution is 2.28. The SMILES string of the molecule is CC(C)C[C@H](NC(=O)[C@H](CC(C)C)NC(=O)N1CC(=O)Nc2ccccc21)C(=O)O. The number of carboxylic acid groups (broad SMARTS) is 1. The second-order valence-electron chi connectivity index (χ2n) is 8.31. The zero-order valence-corrected chi connectivity index (χ0v) is 17.8. The maximum absolute atomic E-state index is 12.9. The Balaban J connectivity index is 2.17. The number of benzene rings is 1. The van der Waals surface area contributed by atoms with Gasteiger partial charge in [-0.1, -0.05) is 39.8 Å². The topological polar surface area (TPSA) is 128 Å². The van der Waals surface area contributed by atoms with Crippen LogP contribution in [0.1, 0.15) is 40.5 Å². The van der Waals surface area contributed by atoms with Gasteiger partial charge in [0.05, 0.1) is 11.4 Å². The zero-order chi connectivity index (χ0) is 22.4. The number of carbonyl (C=O) groups excluding carboxylic acids is 3. The molecule has 0 unspecified atom stereocenters. The highest BCUT2D eigenvalue weighted by molar-refractivity contribution is 6.10. The van der Waals surface area contributed by atoms with Crippen LogP contribution in [0.25, 0.3) is 0 Å². The lowest BCUT2D eigenvalue weighted by atomic mass is 10.0. The largest absolute Gasteiger partial charge is 0.480 e. The molecule has 0 radical (unpaired) electrons. The van der Waals surface area contributed by atoms with Crippen LogP contribution in [0, 0.1) is 11.8 Å². The summed E-state index contributed by atoms with van der Waals surface area (Å²) in [6.45, 7) is 7.37. The third-order valence-electron chi connectivity index (χ3n) is 4.66. The van der Waals surface area contributed by atoms with Gasteiger partial charge >= 0.3 is 12.0 Å². The maximum Gasteiger partial charge on any atom is 0.326 e.